The lowest BCUT2D eigenvalue weighted by Gasteiger charge is -2.41. The van der Waals surface area contributed by atoms with E-state index in [0.29, 0.717) is 22.6 Å². The van der Waals surface area contributed by atoms with Gasteiger partial charge in [0.1, 0.15) is 11.5 Å². The maximum atomic E-state index is 12.6. The first-order chi connectivity index (χ1) is 14.1. The zero-order valence-electron chi connectivity index (χ0n) is 17.1. The lowest BCUT2D eigenvalue weighted by molar-refractivity contribution is 0.0941. The largest absolute Gasteiger partial charge is 0.496 e. The molecule has 0 saturated carbocycles. The fourth-order valence-corrected chi connectivity index (χ4v) is 5.54. The summed E-state index contributed by atoms with van der Waals surface area (Å²) >= 11 is 3.64. The number of methoxy groups -OCH3 is 1. The quantitative estimate of drug-likeness (QED) is 0.569. The average Bonchev–Trinajstić information content (AvgIpc) is 2.65. The van der Waals surface area contributed by atoms with E-state index in [-0.39, 0.29) is 0 Å². The Morgan fingerprint density at radius 2 is 1.70 bits per heavy atom. The number of fused-ring (bicyclic) bond motifs is 3. The average molecular weight is 488 g/mol. The molecule has 0 amide bonds. The molecule has 0 aromatic heterocycles. The zero-order valence-corrected chi connectivity index (χ0v) is 19.5. The van der Waals surface area contributed by atoms with Crippen LogP contribution < -0.4 is 14.2 Å². The third-order valence-corrected chi connectivity index (χ3v) is 6.38. The second-order valence-electron chi connectivity index (χ2n) is 7.53. The molecule has 7 heteroatoms. The molecule has 1 N–H and O–H groups in total. The van der Waals surface area contributed by atoms with Crippen molar-refractivity contribution in [2.24, 2.45) is 0 Å². The molecule has 5 nitrogen and oxygen atoms in total. The first-order valence-corrected chi connectivity index (χ1v) is 12.1. The Bertz CT molecular complexity index is 1240. The third-order valence-electron chi connectivity index (χ3n) is 5.06. The molecule has 3 aromatic carbocycles. The maximum absolute atomic E-state index is 12.6. The molecule has 0 bridgehead atoms. The number of hydrogen-bond acceptors (Lipinski definition) is 4. The molecule has 0 radical (unpaired) electrons. The molecule has 156 valence electrons. The molecule has 3 aromatic rings. The van der Waals surface area contributed by atoms with Crippen molar-refractivity contribution in [2.75, 3.05) is 13.4 Å². The van der Waals surface area contributed by atoms with E-state index < -0.39 is 15.7 Å². The Balaban J connectivity index is 2.14. The summed E-state index contributed by atoms with van der Waals surface area (Å²) in [5, 5.41) is 0. The maximum Gasteiger partial charge on any atom is 0.227 e. The predicted molar refractivity (Wildman–Crippen MR) is 121 cm³/mol. The van der Waals surface area contributed by atoms with Crippen LogP contribution in [0.3, 0.4) is 0 Å². The van der Waals surface area contributed by atoms with E-state index in [1.165, 1.54) is 0 Å². The van der Waals surface area contributed by atoms with Crippen LogP contribution >= 0.6 is 15.9 Å². The summed E-state index contributed by atoms with van der Waals surface area (Å²) in [6, 6.07) is 17.2. The Labute approximate surface area is 185 Å². The van der Waals surface area contributed by atoms with Gasteiger partial charge in [0, 0.05) is 15.6 Å². The summed E-state index contributed by atoms with van der Waals surface area (Å²) in [7, 11) is -2.06. The minimum Gasteiger partial charge on any atom is -0.496 e. The van der Waals surface area contributed by atoms with Gasteiger partial charge in [-0.2, -0.15) is 4.72 Å². The number of benzene rings is 3. The number of hydrogen-bond donors (Lipinski definition) is 1. The van der Waals surface area contributed by atoms with Crippen molar-refractivity contribution < 1.29 is 17.9 Å². The highest BCUT2D eigenvalue weighted by Crippen LogP contribution is 2.52. The molecule has 0 spiro atoms. The zero-order chi connectivity index (χ0) is 21.7. The van der Waals surface area contributed by atoms with E-state index in [2.05, 4.69) is 20.7 Å². The summed E-state index contributed by atoms with van der Waals surface area (Å²) in [5.41, 5.74) is 3.56. The van der Waals surface area contributed by atoms with Crippen LogP contribution in [0, 0.1) is 13.8 Å². The number of nitrogens with one attached hydrogen (secondary N) is 1. The van der Waals surface area contributed by atoms with Crippen LogP contribution in [0.2, 0.25) is 0 Å². The number of aryl methyl sites for hydroxylation is 2. The standard InChI is InChI=1S/C23H22BrNO4S/c1-14-11-15(2)13-16(12-14)23(25-30(4,26)27)22-17(7-5-8-18(22)24)21-19(28-3)9-6-10-20(21)29-23/h5-13,25H,1-4H3. The van der Waals surface area contributed by atoms with Gasteiger partial charge in [-0.25, -0.2) is 8.42 Å². The lowest BCUT2D eigenvalue weighted by atomic mass is 9.84. The fourth-order valence-electron chi connectivity index (χ4n) is 4.11. The van der Waals surface area contributed by atoms with Crippen LogP contribution in [0.25, 0.3) is 11.1 Å². The molecule has 1 unspecified atom stereocenters. The lowest BCUT2D eigenvalue weighted by Crippen LogP contribution is -2.52. The smallest absolute Gasteiger partial charge is 0.227 e. The van der Waals surface area contributed by atoms with Crippen molar-refractivity contribution in [3.8, 4) is 22.6 Å². The predicted octanol–water partition coefficient (Wildman–Crippen LogP) is 4.88. The van der Waals surface area contributed by atoms with E-state index >= 15 is 0 Å². The van der Waals surface area contributed by atoms with Crippen LogP contribution in [0.5, 0.6) is 11.5 Å². The Morgan fingerprint density at radius 3 is 2.33 bits per heavy atom. The van der Waals surface area contributed by atoms with E-state index in [0.717, 1.165) is 33.0 Å². The number of sulfonamides is 1. The fraction of sp³-hybridized carbons (Fsp3) is 0.217. The second kappa shape index (κ2) is 7.41. The second-order valence-corrected chi connectivity index (χ2v) is 10.1. The van der Waals surface area contributed by atoms with Gasteiger partial charge in [0.15, 0.2) is 0 Å². The minimum absolute atomic E-state index is 0.537. The van der Waals surface area contributed by atoms with Gasteiger partial charge >= 0.3 is 0 Å². The van der Waals surface area contributed by atoms with Crippen LogP contribution in [-0.2, 0) is 15.7 Å². The Kier molecular flexibility index (Phi) is 5.16. The number of halogens is 1. The number of ether oxygens (including phenoxy) is 2. The van der Waals surface area contributed by atoms with Crippen LogP contribution in [0.4, 0.5) is 0 Å². The van der Waals surface area contributed by atoms with Crippen molar-refractivity contribution in [3.63, 3.8) is 0 Å². The molecule has 30 heavy (non-hydrogen) atoms. The molecular weight excluding hydrogens is 466 g/mol. The van der Waals surface area contributed by atoms with Gasteiger partial charge in [-0.1, -0.05) is 63.5 Å². The normalized spacial score (nSPS) is 17.6. The summed E-state index contributed by atoms with van der Waals surface area (Å²) in [6.07, 6.45) is 1.14. The SMILES string of the molecule is COc1cccc2c1-c1cccc(Br)c1C(NS(C)(=O)=O)(c1cc(C)cc(C)c1)O2. The van der Waals surface area contributed by atoms with Crippen molar-refractivity contribution in [1.82, 2.24) is 4.72 Å². The van der Waals surface area contributed by atoms with Crippen molar-refractivity contribution in [2.45, 2.75) is 19.6 Å². The topological polar surface area (TPSA) is 64.6 Å². The molecule has 0 aliphatic carbocycles. The summed E-state index contributed by atoms with van der Waals surface area (Å²) in [5.74, 6) is 1.19. The van der Waals surface area contributed by atoms with Crippen LogP contribution in [0.1, 0.15) is 22.3 Å². The van der Waals surface area contributed by atoms with Crippen LogP contribution in [-0.4, -0.2) is 21.8 Å². The number of rotatable bonds is 4. The van der Waals surface area contributed by atoms with Crippen molar-refractivity contribution in [3.05, 3.63) is 81.3 Å². The van der Waals surface area contributed by atoms with Crippen LogP contribution in [0.15, 0.2) is 59.1 Å². The first-order valence-electron chi connectivity index (χ1n) is 9.38. The van der Waals surface area contributed by atoms with E-state index in [1.807, 2.05) is 68.4 Å². The van der Waals surface area contributed by atoms with Gasteiger partial charge in [0.2, 0.25) is 15.7 Å². The highest BCUT2D eigenvalue weighted by Gasteiger charge is 2.47. The first kappa shape index (κ1) is 20.9. The third kappa shape index (κ3) is 3.51. The molecule has 0 fully saturated rings. The Morgan fingerprint density at radius 1 is 1.03 bits per heavy atom. The summed E-state index contributed by atoms with van der Waals surface area (Å²) in [6.45, 7) is 3.96. The van der Waals surface area contributed by atoms with Gasteiger partial charge in [-0.3, -0.25) is 0 Å². The van der Waals surface area contributed by atoms with Crippen molar-refractivity contribution >= 4 is 26.0 Å². The highest BCUT2D eigenvalue weighted by atomic mass is 79.9. The monoisotopic (exact) mass is 487 g/mol. The van der Waals surface area contributed by atoms with Crippen molar-refractivity contribution in [1.29, 1.82) is 0 Å². The van der Waals surface area contributed by atoms with E-state index in [4.69, 9.17) is 9.47 Å². The molecule has 0 saturated heterocycles. The van der Waals surface area contributed by atoms with Gasteiger partial charge in [-0.05, 0) is 37.6 Å². The summed E-state index contributed by atoms with van der Waals surface area (Å²) in [4.78, 5) is 0. The van der Waals surface area contributed by atoms with E-state index in [1.54, 1.807) is 7.11 Å². The van der Waals surface area contributed by atoms with Gasteiger partial charge < -0.3 is 9.47 Å². The molecule has 1 atom stereocenters. The van der Waals surface area contributed by atoms with Gasteiger partial charge in [-0.15, -0.1) is 0 Å². The molecule has 4 rings (SSSR count). The van der Waals surface area contributed by atoms with Gasteiger partial charge in [0.05, 0.1) is 18.9 Å². The summed E-state index contributed by atoms with van der Waals surface area (Å²) < 4.78 is 40.8. The molecule has 1 aliphatic rings. The molecule has 1 aliphatic heterocycles. The van der Waals surface area contributed by atoms with E-state index in [9.17, 15) is 8.42 Å². The minimum atomic E-state index is -3.66. The van der Waals surface area contributed by atoms with Gasteiger partial charge in [0.25, 0.3) is 0 Å². The molecular formula is C23H22BrNO4S. The Hall–Kier alpha value is -2.35. The molecule has 1 heterocycles. The highest BCUT2D eigenvalue weighted by molar-refractivity contribution is 9.10.